The zero-order valence-electron chi connectivity index (χ0n) is 9.30. The molecule has 2 rings (SSSR count). The van der Waals surface area contributed by atoms with Crippen molar-refractivity contribution in [3.8, 4) is 0 Å². The van der Waals surface area contributed by atoms with E-state index in [-0.39, 0.29) is 5.69 Å². The standard InChI is InChI=1S/C10H12N4O2/c1-6-5-14-8(9(11-6)13(2)3)4-7(12-14)10(15)16/h4-5H,1-3H3,(H,15,16). The summed E-state index contributed by atoms with van der Waals surface area (Å²) in [6.45, 7) is 1.84. The molecule has 0 aliphatic rings. The number of aryl methyl sites for hydroxylation is 1. The molecule has 0 radical (unpaired) electrons. The number of aromatic nitrogens is 3. The quantitative estimate of drug-likeness (QED) is 0.810. The fourth-order valence-electron chi connectivity index (χ4n) is 1.52. The zero-order valence-corrected chi connectivity index (χ0v) is 9.30. The molecule has 1 N–H and O–H groups in total. The van der Waals surface area contributed by atoms with Crippen LogP contribution in [0.3, 0.4) is 0 Å². The van der Waals surface area contributed by atoms with Gasteiger partial charge >= 0.3 is 5.97 Å². The van der Waals surface area contributed by atoms with Gasteiger partial charge in [-0.15, -0.1) is 0 Å². The predicted molar refractivity (Wildman–Crippen MR) is 59.0 cm³/mol. The van der Waals surface area contributed by atoms with Gasteiger partial charge in [-0.05, 0) is 6.92 Å². The molecule has 2 aromatic heterocycles. The number of fused-ring (bicyclic) bond motifs is 1. The van der Waals surface area contributed by atoms with Crippen molar-refractivity contribution < 1.29 is 9.90 Å². The van der Waals surface area contributed by atoms with E-state index in [0.717, 1.165) is 5.69 Å². The lowest BCUT2D eigenvalue weighted by Crippen LogP contribution is -2.12. The number of nitrogens with zero attached hydrogens (tertiary/aromatic N) is 4. The molecule has 0 spiro atoms. The van der Waals surface area contributed by atoms with Crippen LogP contribution in [0.5, 0.6) is 0 Å². The summed E-state index contributed by atoms with van der Waals surface area (Å²) in [5.41, 5.74) is 1.50. The van der Waals surface area contributed by atoms with E-state index in [1.165, 1.54) is 6.07 Å². The molecule has 0 aromatic carbocycles. The Morgan fingerprint density at radius 1 is 1.50 bits per heavy atom. The number of hydrogen-bond acceptors (Lipinski definition) is 4. The topological polar surface area (TPSA) is 70.7 Å². The van der Waals surface area contributed by atoms with E-state index in [2.05, 4.69) is 10.1 Å². The van der Waals surface area contributed by atoms with Gasteiger partial charge in [0.2, 0.25) is 0 Å². The third-order valence-electron chi connectivity index (χ3n) is 2.20. The maximum Gasteiger partial charge on any atom is 0.356 e. The molecule has 2 heterocycles. The summed E-state index contributed by atoms with van der Waals surface area (Å²) >= 11 is 0. The smallest absolute Gasteiger partial charge is 0.356 e. The first kappa shape index (κ1) is 10.4. The summed E-state index contributed by atoms with van der Waals surface area (Å²) in [7, 11) is 3.71. The van der Waals surface area contributed by atoms with Gasteiger partial charge in [-0.2, -0.15) is 5.10 Å². The lowest BCUT2D eigenvalue weighted by atomic mass is 10.3. The molecule has 2 aromatic rings. The Hall–Kier alpha value is -2.11. The second-order valence-electron chi connectivity index (χ2n) is 3.76. The Kier molecular flexibility index (Phi) is 2.26. The Morgan fingerprint density at radius 2 is 2.19 bits per heavy atom. The van der Waals surface area contributed by atoms with Crippen molar-refractivity contribution in [1.82, 2.24) is 14.6 Å². The highest BCUT2D eigenvalue weighted by Crippen LogP contribution is 2.18. The van der Waals surface area contributed by atoms with Crippen LogP contribution >= 0.6 is 0 Å². The molecular weight excluding hydrogens is 208 g/mol. The molecule has 0 atom stereocenters. The van der Waals surface area contributed by atoms with E-state index in [4.69, 9.17) is 5.11 Å². The minimum atomic E-state index is -1.04. The molecule has 0 fully saturated rings. The van der Waals surface area contributed by atoms with Gasteiger partial charge in [-0.25, -0.2) is 14.3 Å². The van der Waals surface area contributed by atoms with E-state index in [0.29, 0.717) is 11.3 Å². The van der Waals surface area contributed by atoms with Crippen LogP contribution in [-0.2, 0) is 0 Å². The first-order valence-electron chi connectivity index (χ1n) is 4.76. The average molecular weight is 220 g/mol. The van der Waals surface area contributed by atoms with Crippen LogP contribution in [0, 0.1) is 6.92 Å². The fourth-order valence-corrected chi connectivity index (χ4v) is 1.52. The van der Waals surface area contributed by atoms with Crippen LogP contribution in [0.15, 0.2) is 12.3 Å². The van der Waals surface area contributed by atoms with E-state index in [1.807, 2.05) is 25.9 Å². The maximum absolute atomic E-state index is 10.8. The van der Waals surface area contributed by atoms with E-state index in [9.17, 15) is 4.79 Å². The first-order chi connectivity index (χ1) is 7.49. The fraction of sp³-hybridized carbons (Fsp3) is 0.300. The molecule has 0 unspecified atom stereocenters. The Morgan fingerprint density at radius 3 is 2.75 bits per heavy atom. The molecule has 0 bridgehead atoms. The highest BCUT2D eigenvalue weighted by atomic mass is 16.4. The molecule has 6 nitrogen and oxygen atoms in total. The predicted octanol–water partition coefficient (Wildman–Crippen LogP) is 0.802. The molecule has 0 aliphatic heterocycles. The van der Waals surface area contributed by atoms with Gasteiger partial charge in [0.05, 0.1) is 11.9 Å². The van der Waals surface area contributed by atoms with Crippen LogP contribution in [-0.4, -0.2) is 39.8 Å². The van der Waals surface area contributed by atoms with Gasteiger partial charge in [0.15, 0.2) is 11.5 Å². The summed E-state index contributed by atoms with van der Waals surface area (Å²) in [5, 5.41) is 12.8. The van der Waals surface area contributed by atoms with Crippen molar-refractivity contribution in [3.05, 3.63) is 23.7 Å². The minimum Gasteiger partial charge on any atom is -0.476 e. The number of carbonyl (C=O) groups is 1. The average Bonchev–Trinajstić information content (AvgIpc) is 2.59. The lowest BCUT2D eigenvalue weighted by Gasteiger charge is -2.12. The summed E-state index contributed by atoms with van der Waals surface area (Å²) in [5.74, 6) is -0.328. The summed E-state index contributed by atoms with van der Waals surface area (Å²) in [6, 6.07) is 1.52. The van der Waals surface area contributed by atoms with Crippen molar-refractivity contribution in [3.63, 3.8) is 0 Å². The number of anilines is 1. The van der Waals surface area contributed by atoms with E-state index in [1.54, 1.807) is 10.7 Å². The van der Waals surface area contributed by atoms with Crippen LogP contribution in [0.1, 0.15) is 16.2 Å². The molecule has 0 saturated carbocycles. The van der Waals surface area contributed by atoms with Crippen molar-refractivity contribution in [2.24, 2.45) is 0 Å². The lowest BCUT2D eigenvalue weighted by molar-refractivity contribution is 0.0690. The van der Waals surface area contributed by atoms with Crippen molar-refractivity contribution in [2.75, 3.05) is 19.0 Å². The van der Waals surface area contributed by atoms with Crippen LogP contribution < -0.4 is 4.90 Å². The van der Waals surface area contributed by atoms with E-state index >= 15 is 0 Å². The molecule has 84 valence electrons. The number of hydrogen-bond donors (Lipinski definition) is 1. The number of aromatic carboxylic acids is 1. The van der Waals surface area contributed by atoms with Gasteiger partial charge in [0.25, 0.3) is 0 Å². The van der Waals surface area contributed by atoms with E-state index < -0.39 is 5.97 Å². The number of rotatable bonds is 2. The van der Waals surface area contributed by atoms with Gasteiger partial charge < -0.3 is 10.0 Å². The van der Waals surface area contributed by atoms with Crippen molar-refractivity contribution in [1.29, 1.82) is 0 Å². The maximum atomic E-state index is 10.8. The van der Waals surface area contributed by atoms with Crippen molar-refractivity contribution in [2.45, 2.75) is 6.92 Å². The van der Waals surface area contributed by atoms with Gasteiger partial charge in [0.1, 0.15) is 5.52 Å². The van der Waals surface area contributed by atoms with Crippen LogP contribution in [0.4, 0.5) is 5.82 Å². The zero-order chi connectivity index (χ0) is 11.9. The minimum absolute atomic E-state index is 0.0236. The Bertz CT molecular complexity index is 559. The van der Waals surface area contributed by atoms with Gasteiger partial charge in [-0.3, -0.25) is 0 Å². The summed E-state index contributed by atoms with van der Waals surface area (Å²) in [4.78, 5) is 17.0. The van der Waals surface area contributed by atoms with Gasteiger partial charge in [-0.1, -0.05) is 0 Å². The molecule has 6 heteroatoms. The molecular formula is C10H12N4O2. The summed E-state index contributed by atoms with van der Waals surface area (Å²) < 4.78 is 1.54. The third kappa shape index (κ3) is 1.58. The van der Waals surface area contributed by atoms with Crippen LogP contribution in [0.2, 0.25) is 0 Å². The molecule has 0 aliphatic carbocycles. The highest BCUT2D eigenvalue weighted by Gasteiger charge is 2.13. The first-order valence-corrected chi connectivity index (χ1v) is 4.76. The van der Waals surface area contributed by atoms with Crippen LogP contribution in [0.25, 0.3) is 5.52 Å². The number of carboxylic acids is 1. The Labute approximate surface area is 92.1 Å². The largest absolute Gasteiger partial charge is 0.476 e. The second-order valence-corrected chi connectivity index (χ2v) is 3.76. The second kappa shape index (κ2) is 3.48. The SMILES string of the molecule is Cc1cn2nc(C(=O)O)cc2c(N(C)C)n1. The molecule has 0 amide bonds. The highest BCUT2D eigenvalue weighted by molar-refractivity contribution is 5.88. The molecule has 0 saturated heterocycles. The molecule has 16 heavy (non-hydrogen) atoms. The van der Waals surface area contributed by atoms with Crippen molar-refractivity contribution >= 4 is 17.3 Å². The summed E-state index contributed by atoms with van der Waals surface area (Å²) in [6.07, 6.45) is 1.70. The van der Waals surface area contributed by atoms with Gasteiger partial charge in [0, 0.05) is 20.2 Å². The third-order valence-corrected chi connectivity index (χ3v) is 2.20. The monoisotopic (exact) mass is 220 g/mol. The Balaban J connectivity index is 2.75. The normalized spacial score (nSPS) is 10.7. The number of carboxylic acid groups (broad SMARTS) is 1.